The second-order valence-corrected chi connectivity index (χ2v) is 5.33. The monoisotopic (exact) mass is 267 g/mol. The van der Waals surface area contributed by atoms with Gasteiger partial charge in [-0.3, -0.25) is 4.79 Å². The lowest BCUT2D eigenvalue weighted by atomic mass is 10.1. The van der Waals surface area contributed by atoms with Gasteiger partial charge in [0.25, 0.3) is 0 Å². The molecule has 0 bridgehead atoms. The Bertz CT molecular complexity index is 428. The van der Waals surface area contributed by atoms with E-state index in [0.29, 0.717) is 19.7 Å². The number of amides is 1. The molecule has 1 aliphatic rings. The SMILES string of the molecule is CC(C)C(=O)N1CC(OCc2ccccc2Cl)C1. The third-order valence-corrected chi connectivity index (χ3v) is 3.45. The summed E-state index contributed by atoms with van der Waals surface area (Å²) in [7, 11) is 0. The van der Waals surface area contributed by atoms with Crippen molar-refractivity contribution in [2.45, 2.75) is 26.6 Å². The van der Waals surface area contributed by atoms with E-state index < -0.39 is 0 Å². The molecule has 0 atom stereocenters. The fraction of sp³-hybridized carbons (Fsp3) is 0.500. The van der Waals surface area contributed by atoms with E-state index >= 15 is 0 Å². The van der Waals surface area contributed by atoms with Crippen LogP contribution in [0.25, 0.3) is 0 Å². The van der Waals surface area contributed by atoms with E-state index in [0.717, 1.165) is 10.6 Å². The molecule has 1 saturated heterocycles. The maximum Gasteiger partial charge on any atom is 0.225 e. The van der Waals surface area contributed by atoms with Crippen LogP contribution in [0.4, 0.5) is 0 Å². The van der Waals surface area contributed by atoms with Gasteiger partial charge < -0.3 is 9.64 Å². The minimum absolute atomic E-state index is 0.0644. The summed E-state index contributed by atoms with van der Waals surface area (Å²) in [6.45, 7) is 5.73. The molecule has 1 aliphatic heterocycles. The van der Waals surface area contributed by atoms with Gasteiger partial charge in [-0.1, -0.05) is 43.6 Å². The number of nitrogens with zero attached hydrogens (tertiary/aromatic N) is 1. The highest BCUT2D eigenvalue weighted by atomic mass is 35.5. The molecule has 98 valence electrons. The van der Waals surface area contributed by atoms with E-state index in [4.69, 9.17) is 16.3 Å². The second-order valence-electron chi connectivity index (χ2n) is 4.92. The van der Waals surface area contributed by atoms with Crippen molar-refractivity contribution in [2.24, 2.45) is 5.92 Å². The molecular weight excluding hydrogens is 250 g/mol. The summed E-state index contributed by atoms with van der Waals surface area (Å²) in [6, 6.07) is 7.66. The summed E-state index contributed by atoms with van der Waals surface area (Å²) < 4.78 is 5.73. The number of halogens is 1. The van der Waals surface area contributed by atoms with Crippen molar-refractivity contribution >= 4 is 17.5 Å². The van der Waals surface area contributed by atoms with Crippen molar-refractivity contribution in [3.05, 3.63) is 34.9 Å². The van der Waals surface area contributed by atoms with Crippen LogP contribution in [0.1, 0.15) is 19.4 Å². The standard InChI is InChI=1S/C14H18ClNO2/c1-10(2)14(17)16-7-12(8-16)18-9-11-5-3-4-6-13(11)15/h3-6,10,12H,7-9H2,1-2H3. The average Bonchev–Trinajstić information content (AvgIpc) is 2.28. The van der Waals surface area contributed by atoms with Gasteiger partial charge in [0.2, 0.25) is 5.91 Å². The minimum atomic E-state index is 0.0644. The molecule has 1 amide bonds. The van der Waals surface area contributed by atoms with Gasteiger partial charge in [-0.2, -0.15) is 0 Å². The Morgan fingerprint density at radius 2 is 2.11 bits per heavy atom. The maximum absolute atomic E-state index is 11.6. The molecule has 0 spiro atoms. The quantitative estimate of drug-likeness (QED) is 0.840. The van der Waals surface area contributed by atoms with Crippen molar-refractivity contribution in [1.82, 2.24) is 4.90 Å². The summed E-state index contributed by atoms with van der Waals surface area (Å²) in [5.41, 5.74) is 0.993. The average molecular weight is 268 g/mol. The summed E-state index contributed by atoms with van der Waals surface area (Å²) in [5.74, 6) is 0.266. The normalized spacial score (nSPS) is 15.9. The maximum atomic E-state index is 11.6. The minimum Gasteiger partial charge on any atom is -0.370 e. The van der Waals surface area contributed by atoms with E-state index in [9.17, 15) is 4.79 Å². The van der Waals surface area contributed by atoms with Crippen molar-refractivity contribution in [3.8, 4) is 0 Å². The van der Waals surface area contributed by atoms with Crippen molar-refractivity contribution in [3.63, 3.8) is 0 Å². The molecule has 0 N–H and O–H groups in total. The third-order valence-electron chi connectivity index (χ3n) is 3.09. The third kappa shape index (κ3) is 3.03. The Morgan fingerprint density at radius 1 is 1.44 bits per heavy atom. The topological polar surface area (TPSA) is 29.5 Å². The van der Waals surface area contributed by atoms with Crippen molar-refractivity contribution in [2.75, 3.05) is 13.1 Å². The predicted octanol–water partition coefficient (Wildman–Crippen LogP) is 2.72. The summed E-state index contributed by atoms with van der Waals surface area (Å²) in [6.07, 6.45) is 0.143. The lowest BCUT2D eigenvalue weighted by Crippen LogP contribution is -2.55. The van der Waals surface area contributed by atoms with Crippen LogP contribution in [-0.2, 0) is 16.1 Å². The highest BCUT2D eigenvalue weighted by Gasteiger charge is 2.32. The number of hydrogen-bond donors (Lipinski definition) is 0. The molecule has 2 rings (SSSR count). The molecule has 0 saturated carbocycles. The fourth-order valence-corrected chi connectivity index (χ4v) is 2.10. The molecule has 4 heteroatoms. The zero-order valence-corrected chi connectivity index (χ0v) is 11.5. The molecular formula is C14H18ClNO2. The van der Waals surface area contributed by atoms with Gasteiger partial charge in [0.1, 0.15) is 0 Å². The van der Waals surface area contributed by atoms with Crippen LogP contribution >= 0.6 is 11.6 Å². The van der Waals surface area contributed by atoms with Gasteiger partial charge in [0, 0.05) is 24.0 Å². The van der Waals surface area contributed by atoms with Crippen LogP contribution in [0.5, 0.6) is 0 Å². The molecule has 0 aromatic heterocycles. The van der Waals surface area contributed by atoms with E-state index in [-0.39, 0.29) is 17.9 Å². The van der Waals surface area contributed by atoms with Crippen LogP contribution in [0.2, 0.25) is 5.02 Å². The predicted molar refractivity (Wildman–Crippen MR) is 71.4 cm³/mol. The number of ether oxygens (including phenoxy) is 1. The van der Waals surface area contributed by atoms with E-state index in [1.807, 2.05) is 43.0 Å². The molecule has 1 aromatic carbocycles. The van der Waals surface area contributed by atoms with Gasteiger partial charge in [-0.15, -0.1) is 0 Å². The fourth-order valence-electron chi connectivity index (χ4n) is 1.91. The van der Waals surface area contributed by atoms with Crippen LogP contribution < -0.4 is 0 Å². The molecule has 1 heterocycles. The zero-order chi connectivity index (χ0) is 13.1. The molecule has 3 nitrogen and oxygen atoms in total. The highest BCUT2D eigenvalue weighted by molar-refractivity contribution is 6.31. The van der Waals surface area contributed by atoms with Crippen LogP contribution in [0.15, 0.2) is 24.3 Å². The highest BCUT2D eigenvalue weighted by Crippen LogP contribution is 2.20. The Hall–Kier alpha value is -1.06. The Labute approximate surface area is 113 Å². The molecule has 1 fully saturated rings. The van der Waals surface area contributed by atoms with E-state index in [1.54, 1.807) is 0 Å². The number of carbonyl (C=O) groups is 1. The van der Waals surface area contributed by atoms with Gasteiger partial charge in [0.15, 0.2) is 0 Å². The Morgan fingerprint density at radius 3 is 2.72 bits per heavy atom. The first-order valence-corrected chi connectivity index (χ1v) is 6.59. The number of benzene rings is 1. The summed E-state index contributed by atoms with van der Waals surface area (Å²) in [5, 5.41) is 0.729. The lowest BCUT2D eigenvalue weighted by Gasteiger charge is -2.39. The Kier molecular flexibility index (Phi) is 4.25. The van der Waals surface area contributed by atoms with E-state index in [1.165, 1.54) is 0 Å². The Balaban J connectivity index is 1.75. The van der Waals surface area contributed by atoms with Crippen LogP contribution in [0, 0.1) is 5.92 Å². The van der Waals surface area contributed by atoms with E-state index in [2.05, 4.69) is 0 Å². The van der Waals surface area contributed by atoms with Gasteiger partial charge in [-0.25, -0.2) is 0 Å². The van der Waals surface area contributed by atoms with Gasteiger partial charge in [0.05, 0.1) is 12.7 Å². The first-order chi connectivity index (χ1) is 8.58. The molecule has 1 aromatic rings. The van der Waals surface area contributed by atoms with Crippen molar-refractivity contribution < 1.29 is 9.53 Å². The molecule has 0 radical (unpaired) electrons. The largest absolute Gasteiger partial charge is 0.370 e. The first-order valence-electron chi connectivity index (χ1n) is 6.21. The second kappa shape index (κ2) is 5.72. The van der Waals surface area contributed by atoms with Crippen LogP contribution in [0.3, 0.4) is 0 Å². The molecule has 18 heavy (non-hydrogen) atoms. The number of hydrogen-bond acceptors (Lipinski definition) is 2. The summed E-state index contributed by atoms with van der Waals surface area (Å²) >= 11 is 6.05. The lowest BCUT2D eigenvalue weighted by molar-refractivity contribution is -0.149. The van der Waals surface area contributed by atoms with Gasteiger partial charge >= 0.3 is 0 Å². The molecule has 0 unspecified atom stereocenters. The smallest absolute Gasteiger partial charge is 0.225 e. The summed E-state index contributed by atoms with van der Waals surface area (Å²) in [4.78, 5) is 13.5. The number of likely N-dealkylation sites (tertiary alicyclic amines) is 1. The zero-order valence-electron chi connectivity index (χ0n) is 10.7. The van der Waals surface area contributed by atoms with Crippen molar-refractivity contribution in [1.29, 1.82) is 0 Å². The first kappa shape index (κ1) is 13.4. The number of carbonyl (C=O) groups excluding carboxylic acids is 1. The number of rotatable bonds is 4. The van der Waals surface area contributed by atoms with Gasteiger partial charge in [-0.05, 0) is 11.6 Å². The molecule has 0 aliphatic carbocycles. The van der Waals surface area contributed by atoms with Crippen LogP contribution in [-0.4, -0.2) is 30.0 Å².